The molecule has 0 aliphatic carbocycles. The Balaban J connectivity index is 2.38. The van der Waals surface area contributed by atoms with Gasteiger partial charge in [0, 0.05) is 24.2 Å². The fourth-order valence-corrected chi connectivity index (χ4v) is 3.97. The van der Waals surface area contributed by atoms with Crippen LogP contribution in [0.25, 0.3) is 0 Å². The van der Waals surface area contributed by atoms with Gasteiger partial charge in [0.05, 0.1) is 18.3 Å². The summed E-state index contributed by atoms with van der Waals surface area (Å²) in [5.41, 5.74) is 5.84. The van der Waals surface area contributed by atoms with Crippen LogP contribution >= 0.6 is 11.6 Å². The Bertz CT molecular complexity index is 670. The Morgan fingerprint density at radius 2 is 2.29 bits per heavy atom. The lowest BCUT2D eigenvalue weighted by atomic mass is 10.2. The molecule has 0 bridgehead atoms. The summed E-state index contributed by atoms with van der Waals surface area (Å²) in [6, 6.07) is 5.79. The topological polar surface area (TPSA) is 96.4 Å². The minimum absolute atomic E-state index is 0.0724. The molecule has 2 atom stereocenters. The summed E-state index contributed by atoms with van der Waals surface area (Å²) in [5.74, 6) is 0. The zero-order valence-corrected chi connectivity index (χ0v) is 13.1. The van der Waals surface area contributed by atoms with Crippen LogP contribution in [-0.4, -0.2) is 44.6 Å². The van der Waals surface area contributed by atoms with Crippen molar-refractivity contribution in [2.24, 2.45) is 5.73 Å². The first-order valence-electron chi connectivity index (χ1n) is 6.43. The number of rotatable bonds is 3. The number of hydrogen-bond acceptors (Lipinski definition) is 5. The van der Waals surface area contributed by atoms with Crippen molar-refractivity contribution in [2.75, 3.05) is 19.7 Å². The zero-order chi connectivity index (χ0) is 15.6. The Labute approximate surface area is 129 Å². The third kappa shape index (κ3) is 3.36. The molecule has 1 aliphatic rings. The number of halogens is 1. The first kappa shape index (κ1) is 16.2. The second-order valence-electron chi connectivity index (χ2n) is 4.88. The normalized spacial score (nSPS) is 21.7. The van der Waals surface area contributed by atoms with Crippen LogP contribution in [0.5, 0.6) is 0 Å². The van der Waals surface area contributed by atoms with Gasteiger partial charge in [-0.05, 0) is 25.1 Å². The predicted octanol–water partition coefficient (Wildman–Crippen LogP) is 0.948. The number of hydrogen-bond donors (Lipinski definition) is 1. The average molecular weight is 330 g/mol. The first-order valence-corrected chi connectivity index (χ1v) is 8.25. The van der Waals surface area contributed by atoms with Crippen LogP contribution in [-0.2, 0) is 14.8 Å². The molecule has 0 saturated carbocycles. The number of nitrogens with two attached hydrogens (primary N) is 1. The smallest absolute Gasteiger partial charge is 0.244 e. The van der Waals surface area contributed by atoms with Crippen LogP contribution in [0.15, 0.2) is 23.1 Å². The van der Waals surface area contributed by atoms with Gasteiger partial charge in [-0.25, -0.2) is 8.42 Å². The highest BCUT2D eigenvalue weighted by atomic mass is 35.5. The van der Waals surface area contributed by atoms with E-state index in [1.165, 1.54) is 22.5 Å². The highest BCUT2D eigenvalue weighted by Crippen LogP contribution is 2.25. The molecule has 0 radical (unpaired) electrons. The predicted molar refractivity (Wildman–Crippen MR) is 78.3 cm³/mol. The standard InChI is InChI=1S/C13H16ClN3O3S/c1-9(16)12-8-17(4-5-20-12)21(18,19)13-6-11(14)3-2-10(13)7-15/h2-3,6,9,12H,4-5,8,16H2,1H3. The van der Waals surface area contributed by atoms with E-state index in [1.807, 2.05) is 6.07 Å². The lowest BCUT2D eigenvalue weighted by Gasteiger charge is -2.34. The Morgan fingerprint density at radius 1 is 1.57 bits per heavy atom. The van der Waals surface area contributed by atoms with E-state index >= 15 is 0 Å². The van der Waals surface area contributed by atoms with E-state index in [9.17, 15) is 8.42 Å². The van der Waals surface area contributed by atoms with Crippen LogP contribution in [0, 0.1) is 11.3 Å². The molecule has 2 N–H and O–H groups in total. The maximum Gasteiger partial charge on any atom is 0.244 e. The average Bonchev–Trinajstić information content (AvgIpc) is 2.47. The Hall–Kier alpha value is -1.17. The largest absolute Gasteiger partial charge is 0.374 e. The second kappa shape index (κ2) is 6.30. The molecule has 1 saturated heterocycles. The van der Waals surface area contributed by atoms with Crippen LogP contribution in [0.1, 0.15) is 12.5 Å². The fraction of sp³-hybridized carbons (Fsp3) is 0.462. The molecular weight excluding hydrogens is 314 g/mol. The van der Waals surface area contributed by atoms with Gasteiger partial charge in [-0.1, -0.05) is 11.6 Å². The maximum absolute atomic E-state index is 12.7. The molecule has 21 heavy (non-hydrogen) atoms. The molecule has 1 fully saturated rings. The van der Waals surface area contributed by atoms with Crippen LogP contribution in [0.4, 0.5) is 0 Å². The van der Waals surface area contributed by atoms with Crippen LogP contribution < -0.4 is 5.73 Å². The van der Waals surface area contributed by atoms with Gasteiger partial charge in [0.2, 0.25) is 10.0 Å². The van der Waals surface area contributed by atoms with E-state index < -0.39 is 10.0 Å². The van der Waals surface area contributed by atoms with E-state index in [0.29, 0.717) is 0 Å². The second-order valence-corrected chi connectivity index (χ2v) is 7.23. The van der Waals surface area contributed by atoms with Crippen molar-refractivity contribution in [2.45, 2.75) is 24.0 Å². The molecule has 114 valence electrons. The summed E-state index contributed by atoms with van der Waals surface area (Å²) in [6.07, 6.45) is -0.363. The minimum Gasteiger partial charge on any atom is -0.374 e. The van der Waals surface area contributed by atoms with Gasteiger partial charge in [-0.15, -0.1) is 0 Å². The molecule has 0 aromatic heterocycles. The number of nitriles is 1. The van der Waals surface area contributed by atoms with Crippen molar-refractivity contribution in [3.63, 3.8) is 0 Å². The van der Waals surface area contributed by atoms with Crippen molar-refractivity contribution < 1.29 is 13.2 Å². The summed E-state index contributed by atoms with van der Waals surface area (Å²) in [4.78, 5) is -0.0807. The van der Waals surface area contributed by atoms with Gasteiger partial charge in [0.15, 0.2) is 0 Å². The van der Waals surface area contributed by atoms with Gasteiger partial charge in [0.1, 0.15) is 11.0 Å². The van der Waals surface area contributed by atoms with Crippen molar-refractivity contribution in [3.05, 3.63) is 28.8 Å². The molecule has 1 aliphatic heterocycles. The fourth-order valence-electron chi connectivity index (χ4n) is 2.13. The van der Waals surface area contributed by atoms with Crippen molar-refractivity contribution in [3.8, 4) is 6.07 Å². The highest BCUT2D eigenvalue weighted by molar-refractivity contribution is 7.89. The number of nitrogens with zero attached hydrogens (tertiary/aromatic N) is 2. The SMILES string of the molecule is CC(N)C1CN(S(=O)(=O)c2cc(Cl)ccc2C#N)CCO1. The lowest BCUT2D eigenvalue weighted by Crippen LogP contribution is -2.51. The van der Waals surface area contributed by atoms with E-state index in [0.717, 1.165) is 0 Å². The molecular formula is C13H16ClN3O3S. The van der Waals surface area contributed by atoms with Crippen LogP contribution in [0.3, 0.4) is 0 Å². The summed E-state index contributed by atoms with van der Waals surface area (Å²) >= 11 is 5.86. The molecule has 1 aromatic carbocycles. The quantitative estimate of drug-likeness (QED) is 0.890. The maximum atomic E-state index is 12.7. The van der Waals surface area contributed by atoms with Gasteiger partial charge in [-0.2, -0.15) is 9.57 Å². The molecule has 0 spiro atoms. The summed E-state index contributed by atoms with van der Waals surface area (Å²) in [6.45, 7) is 2.43. The monoisotopic (exact) mass is 329 g/mol. The van der Waals surface area contributed by atoms with E-state index in [1.54, 1.807) is 6.92 Å². The summed E-state index contributed by atoms with van der Waals surface area (Å²) < 4.78 is 32.2. The number of sulfonamides is 1. The number of ether oxygens (including phenoxy) is 1. The van der Waals surface area contributed by atoms with Crippen molar-refractivity contribution >= 4 is 21.6 Å². The van der Waals surface area contributed by atoms with Crippen LogP contribution in [0.2, 0.25) is 5.02 Å². The van der Waals surface area contributed by atoms with Crippen molar-refractivity contribution in [1.82, 2.24) is 4.31 Å². The highest BCUT2D eigenvalue weighted by Gasteiger charge is 2.33. The Kier molecular flexibility index (Phi) is 4.86. The molecule has 6 nitrogen and oxygen atoms in total. The summed E-state index contributed by atoms with van der Waals surface area (Å²) in [5, 5.41) is 9.36. The third-order valence-corrected chi connectivity index (χ3v) is 5.46. The van der Waals surface area contributed by atoms with Gasteiger partial charge in [0.25, 0.3) is 0 Å². The van der Waals surface area contributed by atoms with Gasteiger partial charge >= 0.3 is 0 Å². The summed E-state index contributed by atoms with van der Waals surface area (Å²) in [7, 11) is -3.80. The first-order chi connectivity index (χ1) is 9.86. The zero-order valence-electron chi connectivity index (χ0n) is 11.5. The Morgan fingerprint density at radius 3 is 2.90 bits per heavy atom. The van der Waals surface area contributed by atoms with Crippen molar-refractivity contribution in [1.29, 1.82) is 5.26 Å². The molecule has 2 rings (SSSR count). The van der Waals surface area contributed by atoms with E-state index in [-0.39, 0.29) is 47.3 Å². The minimum atomic E-state index is -3.80. The molecule has 1 heterocycles. The van der Waals surface area contributed by atoms with Gasteiger partial charge in [-0.3, -0.25) is 0 Å². The molecule has 0 amide bonds. The number of benzene rings is 1. The molecule has 1 aromatic rings. The van der Waals surface area contributed by atoms with E-state index in [4.69, 9.17) is 27.3 Å². The van der Waals surface area contributed by atoms with E-state index in [2.05, 4.69) is 0 Å². The molecule has 8 heteroatoms. The lowest BCUT2D eigenvalue weighted by molar-refractivity contribution is -0.0120. The molecule has 2 unspecified atom stereocenters. The number of morpholine rings is 1. The third-order valence-electron chi connectivity index (χ3n) is 3.32. The van der Waals surface area contributed by atoms with Gasteiger partial charge < -0.3 is 10.5 Å².